The van der Waals surface area contributed by atoms with E-state index < -0.39 is 11.4 Å². The minimum Gasteiger partial charge on any atom is -0.481 e. The number of aliphatic carboxylic acids is 1. The zero-order chi connectivity index (χ0) is 8.06. The average Bonchev–Trinajstić information content (AvgIpc) is 2.43. The normalized spacial score (nSPS) is 48.1. The molecule has 2 aliphatic rings. The first-order chi connectivity index (χ1) is 5.15. The van der Waals surface area contributed by atoms with Gasteiger partial charge in [-0.05, 0) is 31.6 Å². The van der Waals surface area contributed by atoms with Gasteiger partial charge in [-0.2, -0.15) is 0 Å². The minimum atomic E-state index is -0.676. The molecule has 11 heavy (non-hydrogen) atoms. The molecule has 2 bridgehead atoms. The van der Waals surface area contributed by atoms with Crippen LogP contribution in [0.5, 0.6) is 0 Å². The molecule has 0 aromatic rings. The molecule has 3 unspecified atom stereocenters. The highest BCUT2D eigenvalue weighted by atomic mass is 16.4. The second kappa shape index (κ2) is 1.97. The Bertz CT molecular complexity index is 204. The predicted octanol–water partition coefficient (Wildman–Crippen LogP) is 0.588. The van der Waals surface area contributed by atoms with Gasteiger partial charge in [0.1, 0.15) is 0 Å². The van der Waals surface area contributed by atoms with E-state index in [4.69, 9.17) is 10.8 Å². The van der Waals surface area contributed by atoms with Gasteiger partial charge in [0.05, 0.1) is 5.41 Å². The number of hydrogen-bond acceptors (Lipinski definition) is 2. The molecule has 0 spiro atoms. The predicted molar refractivity (Wildman–Crippen MR) is 40.0 cm³/mol. The van der Waals surface area contributed by atoms with E-state index in [1.165, 1.54) is 0 Å². The van der Waals surface area contributed by atoms with Crippen LogP contribution < -0.4 is 5.73 Å². The van der Waals surface area contributed by atoms with E-state index in [1.54, 1.807) is 0 Å². The lowest BCUT2D eigenvalue weighted by molar-refractivity contribution is -0.149. The smallest absolute Gasteiger partial charge is 0.311 e. The molecule has 0 amide bonds. The number of carboxylic acids is 1. The van der Waals surface area contributed by atoms with Crippen LogP contribution in [-0.4, -0.2) is 17.1 Å². The maximum Gasteiger partial charge on any atom is 0.311 e. The molecule has 2 rings (SSSR count). The Morgan fingerprint density at radius 1 is 1.64 bits per heavy atom. The summed E-state index contributed by atoms with van der Waals surface area (Å²) < 4.78 is 0. The quantitative estimate of drug-likeness (QED) is 0.582. The number of carboxylic acid groups (broad SMARTS) is 1. The molecule has 0 aromatic carbocycles. The summed E-state index contributed by atoms with van der Waals surface area (Å²) >= 11 is 0. The molecular formula is C8H13NO2. The van der Waals surface area contributed by atoms with Crippen LogP contribution in [0.25, 0.3) is 0 Å². The number of carbonyl (C=O) groups is 1. The van der Waals surface area contributed by atoms with Crippen LogP contribution in [0.1, 0.15) is 25.7 Å². The van der Waals surface area contributed by atoms with Gasteiger partial charge in [0.25, 0.3) is 0 Å². The van der Waals surface area contributed by atoms with E-state index >= 15 is 0 Å². The van der Waals surface area contributed by atoms with Crippen molar-refractivity contribution in [1.29, 1.82) is 0 Å². The van der Waals surface area contributed by atoms with Crippen LogP contribution >= 0.6 is 0 Å². The first kappa shape index (κ1) is 7.10. The maximum atomic E-state index is 10.9. The fourth-order valence-electron chi connectivity index (χ4n) is 2.66. The van der Waals surface area contributed by atoms with Crippen LogP contribution in [-0.2, 0) is 4.79 Å². The van der Waals surface area contributed by atoms with Crippen molar-refractivity contribution in [3.63, 3.8) is 0 Å². The first-order valence-electron chi connectivity index (χ1n) is 4.14. The lowest BCUT2D eigenvalue weighted by atomic mass is 9.80. The molecule has 3 heteroatoms. The fourth-order valence-corrected chi connectivity index (χ4v) is 2.66. The largest absolute Gasteiger partial charge is 0.481 e. The van der Waals surface area contributed by atoms with Crippen LogP contribution in [0.3, 0.4) is 0 Å². The fraction of sp³-hybridized carbons (Fsp3) is 0.875. The van der Waals surface area contributed by atoms with Gasteiger partial charge in [-0.1, -0.05) is 0 Å². The summed E-state index contributed by atoms with van der Waals surface area (Å²) in [5.41, 5.74) is 5.24. The number of rotatable bonds is 1. The van der Waals surface area contributed by atoms with E-state index in [1.807, 2.05) is 0 Å². The van der Waals surface area contributed by atoms with Crippen LogP contribution in [0.15, 0.2) is 0 Å². The molecule has 3 atom stereocenters. The van der Waals surface area contributed by atoms with E-state index in [0.717, 1.165) is 25.7 Å². The third-order valence-electron chi connectivity index (χ3n) is 3.37. The van der Waals surface area contributed by atoms with Crippen molar-refractivity contribution in [2.45, 2.75) is 31.7 Å². The third-order valence-corrected chi connectivity index (χ3v) is 3.37. The Kier molecular flexibility index (Phi) is 1.27. The molecule has 0 saturated heterocycles. The minimum absolute atomic E-state index is 0.0845. The van der Waals surface area contributed by atoms with Crippen molar-refractivity contribution in [3.05, 3.63) is 0 Å². The third kappa shape index (κ3) is 0.745. The van der Waals surface area contributed by atoms with Crippen molar-refractivity contribution < 1.29 is 9.90 Å². The van der Waals surface area contributed by atoms with Crippen LogP contribution in [0, 0.1) is 11.3 Å². The van der Waals surface area contributed by atoms with Gasteiger partial charge in [0, 0.05) is 6.04 Å². The lowest BCUT2D eigenvalue weighted by Gasteiger charge is -2.27. The zero-order valence-corrected chi connectivity index (χ0v) is 6.42. The van der Waals surface area contributed by atoms with Crippen molar-refractivity contribution in [1.82, 2.24) is 0 Å². The molecule has 3 N–H and O–H groups in total. The van der Waals surface area contributed by atoms with Crippen molar-refractivity contribution in [3.8, 4) is 0 Å². The first-order valence-corrected chi connectivity index (χ1v) is 4.14. The second-order valence-electron chi connectivity index (χ2n) is 3.91. The van der Waals surface area contributed by atoms with E-state index in [0.29, 0.717) is 5.92 Å². The summed E-state index contributed by atoms with van der Waals surface area (Å²) in [6.07, 6.45) is 3.62. The van der Waals surface area contributed by atoms with Gasteiger partial charge in [-0.25, -0.2) is 0 Å². The van der Waals surface area contributed by atoms with Crippen molar-refractivity contribution in [2.75, 3.05) is 0 Å². The van der Waals surface area contributed by atoms with Gasteiger partial charge >= 0.3 is 5.97 Å². The Balaban J connectivity index is 2.29. The second-order valence-corrected chi connectivity index (χ2v) is 3.91. The molecule has 2 fully saturated rings. The van der Waals surface area contributed by atoms with Crippen LogP contribution in [0.4, 0.5) is 0 Å². The maximum absolute atomic E-state index is 10.9. The molecule has 2 aliphatic carbocycles. The molecule has 0 radical (unpaired) electrons. The number of hydrogen-bond donors (Lipinski definition) is 2. The standard InChI is InChI=1S/C8H13NO2/c9-6-3-5-1-2-8(6,4-5)7(10)11/h5-6H,1-4,9H2,(H,10,11). The molecular weight excluding hydrogens is 142 g/mol. The van der Waals surface area contributed by atoms with Gasteiger partial charge in [0.15, 0.2) is 0 Å². The number of fused-ring (bicyclic) bond motifs is 2. The van der Waals surface area contributed by atoms with Gasteiger partial charge < -0.3 is 10.8 Å². The molecule has 62 valence electrons. The van der Waals surface area contributed by atoms with E-state index in [-0.39, 0.29) is 6.04 Å². The molecule has 3 nitrogen and oxygen atoms in total. The molecule has 0 heterocycles. The molecule has 2 saturated carbocycles. The Morgan fingerprint density at radius 3 is 2.64 bits per heavy atom. The summed E-state index contributed by atoms with van der Waals surface area (Å²) in [6.45, 7) is 0. The lowest BCUT2D eigenvalue weighted by Crippen LogP contribution is -2.43. The van der Waals surface area contributed by atoms with Crippen molar-refractivity contribution in [2.24, 2.45) is 17.1 Å². The summed E-state index contributed by atoms with van der Waals surface area (Å²) in [7, 11) is 0. The van der Waals surface area contributed by atoms with Gasteiger partial charge in [-0.3, -0.25) is 4.79 Å². The van der Waals surface area contributed by atoms with Gasteiger partial charge in [0.2, 0.25) is 0 Å². The summed E-state index contributed by atoms with van der Waals surface area (Å²) in [4.78, 5) is 10.9. The summed E-state index contributed by atoms with van der Waals surface area (Å²) in [5.74, 6) is -0.0777. The molecule has 0 aromatic heterocycles. The highest BCUT2D eigenvalue weighted by Crippen LogP contribution is 2.53. The van der Waals surface area contributed by atoms with Gasteiger partial charge in [-0.15, -0.1) is 0 Å². The Hall–Kier alpha value is -0.570. The number of nitrogens with two attached hydrogens (primary N) is 1. The summed E-state index contributed by atoms with van der Waals surface area (Å²) in [5, 5.41) is 8.98. The Morgan fingerprint density at radius 2 is 2.36 bits per heavy atom. The Labute approximate surface area is 65.6 Å². The molecule has 0 aliphatic heterocycles. The highest BCUT2D eigenvalue weighted by Gasteiger charge is 2.55. The zero-order valence-electron chi connectivity index (χ0n) is 6.42. The van der Waals surface area contributed by atoms with E-state index in [9.17, 15) is 4.79 Å². The van der Waals surface area contributed by atoms with Crippen LogP contribution in [0.2, 0.25) is 0 Å². The summed E-state index contributed by atoms with van der Waals surface area (Å²) in [6, 6.07) is -0.0845. The monoisotopic (exact) mass is 155 g/mol. The highest BCUT2D eigenvalue weighted by molar-refractivity contribution is 5.76. The topological polar surface area (TPSA) is 63.3 Å². The van der Waals surface area contributed by atoms with E-state index in [2.05, 4.69) is 0 Å². The average molecular weight is 155 g/mol. The van der Waals surface area contributed by atoms with Crippen molar-refractivity contribution >= 4 is 5.97 Å². The SMILES string of the molecule is NC1CC2CCC1(C(=O)O)C2.